The van der Waals surface area contributed by atoms with Crippen molar-refractivity contribution >= 4 is 5.78 Å². The minimum atomic E-state index is -1.51. The summed E-state index contributed by atoms with van der Waals surface area (Å²) in [6, 6.07) is 27.4. The van der Waals surface area contributed by atoms with Gasteiger partial charge in [0.1, 0.15) is 6.10 Å². The van der Waals surface area contributed by atoms with E-state index in [4.69, 9.17) is 0 Å². The van der Waals surface area contributed by atoms with Crippen LogP contribution in [0.25, 0.3) is 0 Å². The summed E-state index contributed by atoms with van der Waals surface area (Å²) < 4.78 is 0. The van der Waals surface area contributed by atoms with Gasteiger partial charge in [0.15, 0.2) is 5.78 Å². The van der Waals surface area contributed by atoms with Crippen LogP contribution in [0.4, 0.5) is 0 Å². The molecule has 0 radical (unpaired) electrons. The molecule has 2 N–H and O–H groups in total. The zero-order valence-electron chi connectivity index (χ0n) is 13.7. The zero-order chi connectivity index (χ0) is 17.6. The Bertz CT molecular complexity index is 761. The molecule has 0 fully saturated rings. The van der Waals surface area contributed by atoms with Gasteiger partial charge in [-0.25, -0.2) is 0 Å². The Kier molecular flexibility index (Phi) is 5.39. The molecule has 3 aromatic carbocycles. The van der Waals surface area contributed by atoms with Gasteiger partial charge in [-0.2, -0.15) is 0 Å². The second-order valence-electron chi connectivity index (χ2n) is 5.96. The van der Waals surface area contributed by atoms with Gasteiger partial charge in [0.25, 0.3) is 0 Å². The first-order valence-electron chi connectivity index (χ1n) is 8.24. The summed E-state index contributed by atoms with van der Waals surface area (Å²) in [5, 5.41) is 21.4. The van der Waals surface area contributed by atoms with Crippen LogP contribution in [0.1, 0.15) is 27.4 Å². The Balaban J connectivity index is 1.94. The predicted molar refractivity (Wildman–Crippen MR) is 97.5 cm³/mol. The molecule has 0 amide bonds. The fourth-order valence-electron chi connectivity index (χ4n) is 3.02. The van der Waals surface area contributed by atoms with E-state index < -0.39 is 23.9 Å². The predicted octanol–water partition coefficient (Wildman–Crippen LogP) is 3.42. The topological polar surface area (TPSA) is 57.5 Å². The summed E-state index contributed by atoms with van der Waals surface area (Å²) in [4.78, 5) is 12.5. The van der Waals surface area contributed by atoms with E-state index in [1.54, 1.807) is 30.3 Å². The third-order valence-corrected chi connectivity index (χ3v) is 4.31. The van der Waals surface area contributed by atoms with E-state index in [0.717, 1.165) is 11.1 Å². The number of aliphatic hydroxyl groups is 2. The van der Waals surface area contributed by atoms with Gasteiger partial charge in [-0.1, -0.05) is 91.0 Å². The zero-order valence-corrected chi connectivity index (χ0v) is 13.7. The van der Waals surface area contributed by atoms with Crippen LogP contribution < -0.4 is 0 Å². The van der Waals surface area contributed by atoms with E-state index in [2.05, 4.69) is 0 Å². The van der Waals surface area contributed by atoms with E-state index in [9.17, 15) is 15.0 Å². The SMILES string of the molecule is O=C(c1ccccc1)[C@@H](O)[C@H](O)C(c1ccccc1)c1ccccc1. The molecule has 3 aromatic rings. The molecule has 0 unspecified atom stereocenters. The average molecular weight is 332 g/mol. The molecule has 3 nitrogen and oxygen atoms in total. The van der Waals surface area contributed by atoms with Crippen LogP contribution in [0, 0.1) is 0 Å². The quantitative estimate of drug-likeness (QED) is 0.680. The molecule has 3 heteroatoms. The van der Waals surface area contributed by atoms with Gasteiger partial charge in [0.2, 0.25) is 0 Å². The average Bonchev–Trinajstić information content (AvgIpc) is 2.69. The molecule has 25 heavy (non-hydrogen) atoms. The molecule has 0 aliphatic rings. The first-order chi connectivity index (χ1) is 12.2. The van der Waals surface area contributed by atoms with Gasteiger partial charge in [0, 0.05) is 11.5 Å². The van der Waals surface area contributed by atoms with Gasteiger partial charge in [-0.15, -0.1) is 0 Å². The highest BCUT2D eigenvalue weighted by Crippen LogP contribution is 2.30. The van der Waals surface area contributed by atoms with E-state index in [-0.39, 0.29) is 0 Å². The van der Waals surface area contributed by atoms with Crippen molar-refractivity contribution in [1.82, 2.24) is 0 Å². The Hall–Kier alpha value is -2.75. The fraction of sp³-hybridized carbons (Fsp3) is 0.136. The lowest BCUT2D eigenvalue weighted by molar-refractivity contribution is 0.0144. The first-order valence-corrected chi connectivity index (χ1v) is 8.24. The monoisotopic (exact) mass is 332 g/mol. The maximum Gasteiger partial charge on any atom is 0.193 e. The molecule has 0 heterocycles. The summed E-state index contributed by atoms with van der Waals surface area (Å²) >= 11 is 0. The Morgan fingerprint density at radius 3 is 1.48 bits per heavy atom. The molecule has 2 atom stereocenters. The van der Waals surface area contributed by atoms with Crippen LogP contribution in [0.2, 0.25) is 0 Å². The summed E-state index contributed by atoms with van der Waals surface area (Å²) in [6.07, 6.45) is -2.76. The van der Waals surface area contributed by atoms with E-state index >= 15 is 0 Å². The van der Waals surface area contributed by atoms with Crippen molar-refractivity contribution in [3.63, 3.8) is 0 Å². The van der Waals surface area contributed by atoms with Crippen LogP contribution >= 0.6 is 0 Å². The van der Waals surface area contributed by atoms with Crippen LogP contribution in [-0.4, -0.2) is 28.2 Å². The number of benzene rings is 3. The molecule has 0 spiro atoms. The largest absolute Gasteiger partial charge is 0.389 e. The summed E-state index contributed by atoms with van der Waals surface area (Å²) in [5.41, 5.74) is 2.08. The van der Waals surface area contributed by atoms with Gasteiger partial charge >= 0.3 is 0 Å². The van der Waals surface area contributed by atoms with E-state index in [1.807, 2.05) is 60.7 Å². The molecule has 0 aliphatic carbocycles. The summed E-state index contributed by atoms with van der Waals surface area (Å²) in [6.45, 7) is 0. The Labute approximate surface area is 147 Å². The number of hydrogen-bond donors (Lipinski definition) is 2. The summed E-state index contributed by atoms with van der Waals surface area (Å²) in [5.74, 6) is -0.977. The third kappa shape index (κ3) is 3.85. The van der Waals surface area contributed by atoms with Gasteiger partial charge in [-0.05, 0) is 11.1 Å². The number of rotatable bonds is 6. The van der Waals surface area contributed by atoms with Crippen molar-refractivity contribution in [3.8, 4) is 0 Å². The number of aliphatic hydroxyl groups excluding tert-OH is 2. The molecular weight excluding hydrogens is 312 g/mol. The van der Waals surface area contributed by atoms with Crippen LogP contribution in [-0.2, 0) is 0 Å². The van der Waals surface area contributed by atoms with Gasteiger partial charge in [0.05, 0.1) is 6.10 Å². The van der Waals surface area contributed by atoms with Crippen molar-refractivity contribution in [2.75, 3.05) is 0 Å². The number of ketones is 1. The molecule has 126 valence electrons. The van der Waals surface area contributed by atoms with Crippen LogP contribution in [0.3, 0.4) is 0 Å². The van der Waals surface area contributed by atoms with Crippen molar-refractivity contribution in [2.45, 2.75) is 18.1 Å². The lowest BCUT2D eigenvalue weighted by Gasteiger charge is -2.27. The molecule has 0 saturated heterocycles. The second-order valence-corrected chi connectivity index (χ2v) is 5.96. The van der Waals surface area contributed by atoms with E-state index in [0.29, 0.717) is 5.56 Å². The normalized spacial score (nSPS) is 13.4. The molecule has 3 rings (SSSR count). The highest BCUT2D eigenvalue weighted by molar-refractivity contribution is 5.99. The van der Waals surface area contributed by atoms with Crippen molar-refractivity contribution in [2.24, 2.45) is 0 Å². The number of Topliss-reactive ketones (excluding diaryl/α,β-unsaturated/α-hetero) is 1. The number of carbonyl (C=O) groups is 1. The second kappa shape index (κ2) is 7.88. The highest BCUT2D eigenvalue weighted by Gasteiger charge is 2.33. The lowest BCUT2D eigenvalue weighted by atomic mass is 9.83. The van der Waals surface area contributed by atoms with Crippen molar-refractivity contribution in [3.05, 3.63) is 108 Å². The Morgan fingerprint density at radius 1 is 0.640 bits per heavy atom. The lowest BCUT2D eigenvalue weighted by Crippen LogP contribution is -2.38. The van der Waals surface area contributed by atoms with Crippen molar-refractivity contribution < 1.29 is 15.0 Å². The van der Waals surface area contributed by atoms with Gasteiger partial charge in [-0.3, -0.25) is 4.79 Å². The standard InChI is InChI=1S/C22H20O3/c23-20(18-14-8-3-9-15-18)22(25)21(24)19(16-10-4-1-5-11-16)17-12-6-2-7-13-17/h1-15,19,21-22,24-25H/t21-,22-/m1/s1. The fourth-order valence-corrected chi connectivity index (χ4v) is 3.02. The van der Waals surface area contributed by atoms with E-state index in [1.165, 1.54) is 0 Å². The third-order valence-electron chi connectivity index (χ3n) is 4.31. The minimum absolute atomic E-state index is 0.383. The molecular formula is C22H20O3. The maximum atomic E-state index is 12.5. The molecule has 0 aromatic heterocycles. The van der Waals surface area contributed by atoms with Gasteiger partial charge < -0.3 is 10.2 Å². The van der Waals surface area contributed by atoms with Crippen molar-refractivity contribution in [1.29, 1.82) is 0 Å². The first kappa shape index (κ1) is 17.1. The molecule has 0 bridgehead atoms. The van der Waals surface area contributed by atoms with Crippen LogP contribution in [0.5, 0.6) is 0 Å². The van der Waals surface area contributed by atoms with Crippen LogP contribution in [0.15, 0.2) is 91.0 Å². The smallest absolute Gasteiger partial charge is 0.193 e. The molecule has 0 saturated carbocycles. The number of hydrogen-bond acceptors (Lipinski definition) is 3. The molecule has 0 aliphatic heterocycles. The number of carbonyl (C=O) groups excluding carboxylic acids is 1. The summed E-state index contributed by atoms with van der Waals surface area (Å²) in [7, 11) is 0. The minimum Gasteiger partial charge on any atom is -0.389 e. The maximum absolute atomic E-state index is 12.5. The Morgan fingerprint density at radius 2 is 1.04 bits per heavy atom. The highest BCUT2D eigenvalue weighted by atomic mass is 16.3.